The first-order valence-electron chi connectivity index (χ1n) is 8.68. The molecule has 1 amide bonds. The van der Waals surface area contributed by atoms with Crippen LogP contribution >= 0.6 is 11.8 Å². The highest BCUT2D eigenvalue weighted by molar-refractivity contribution is 8.00. The second kappa shape index (κ2) is 8.41. The van der Waals surface area contributed by atoms with Crippen LogP contribution in [0, 0.1) is 0 Å². The van der Waals surface area contributed by atoms with E-state index in [-0.39, 0.29) is 17.7 Å². The van der Waals surface area contributed by atoms with Gasteiger partial charge in [-0.25, -0.2) is 0 Å². The summed E-state index contributed by atoms with van der Waals surface area (Å²) in [4.78, 5) is 15.8. The predicted molar refractivity (Wildman–Crippen MR) is 102 cm³/mol. The normalized spacial score (nSPS) is 17.5. The summed E-state index contributed by atoms with van der Waals surface area (Å²) >= 11 is 1.51. The smallest absolute Gasteiger partial charge is 0.233 e. The summed E-state index contributed by atoms with van der Waals surface area (Å²) in [6.45, 7) is 4.50. The summed E-state index contributed by atoms with van der Waals surface area (Å²) in [6.07, 6.45) is 1.02. The quantitative estimate of drug-likeness (QED) is 0.808. The zero-order chi connectivity index (χ0) is 17.6. The fraction of sp³-hybridized carbons (Fsp3) is 0.350. The van der Waals surface area contributed by atoms with Crippen molar-refractivity contribution < 1.29 is 9.90 Å². The SMILES string of the molecule is CCc1ccc(C2CNCCN2C(=O)CSc2ccc(O)cc2)cc1. The van der Waals surface area contributed by atoms with E-state index in [4.69, 9.17) is 0 Å². The van der Waals surface area contributed by atoms with Crippen LogP contribution in [0.5, 0.6) is 5.75 Å². The number of hydrogen-bond acceptors (Lipinski definition) is 4. The van der Waals surface area contributed by atoms with Gasteiger partial charge in [0.2, 0.25) is 5.91 Å². The van der Waals surface area contributed by atoms with Gasteiger partial charge in [-0.3, -0.25) is 4.79 Å². The van der Waals surface area contributed by atoms with Crippen molar-refractivity contribution in [1.82, 2.24) is 10.2 Å². The van der Waals surface area contributed by atoms with Crippen LogP contribution in [-0.4, -0.2) is 41.3 Å². The van der Waals surface area contributed by atoms with Gasteiger partial charge in [0.25, 0.3) is 0 Å². The maximum absolute atomic E-state index is 12.8. The van der Waals surface area contributed by atoms with Crippen molar-refractivity contribution in [1.29, 1.82) is 0 Å². The fourth-order valence-corrected chi connectivity index (χ4v) is 3.83. The first-order valence-corrected chi connectivity index (χ1v) is 9.67. The van der Waals surface area contributed by atoms with Crippen molar-refractivity contribution >= 4 is 17.7 Å². The van der Waals surface area contributed by atoms with E-state index in [1.807, 2.05) is 17.0 Å². The minimum absolute atomic E-state index is 0.0903. The fourth-order valence-electron chi connectivity index (χ4n) is 3.05. The third kappa shape index (κ3) is 4.55. The van der Waals surface area contributed by atoms with Crippen molar-refractivity contribution in [3.63, 3.8) is 0 Å². The van der Waals surface area contributed by atoms with Gasteiger partial charge in [-0.15, -0.1) is 11.8 Å². The van der Waals surface area contributed by atoms with Crippen LogP contribution in [0.25, 0.3) is 0 Å². The minimum Gasteiger partial charge on any atom is -0.508 e. The molecular formula is C20H24N2O2S. The number of nitrogens with zero attached hydrogens (tertiary/aromatic N) is 1. The van der Waals surface area contributed by atoms with E-state index in [9.17, 15) is 9.90 Å². The summed E-state index contributed by atoms with van der Waals surface area (Å²) in [5.74, 6) is 0.812. The monoisotopic (exact) mass is 356 g/mol. The van der Waals surface area contributed by atoms with Crippen LogP contribution in [-0.2, 0) is 11.2 Å². The average Bonchev–Trinajstić information content (AvgIpc) is 2.67. The van der Waals surface area contributed by atoms with Gasteiger partial charge in [0.15, 0.2) is 0 Å². The maximum atomic E-state index is 12.8. The zero-order valence-corrected chi connectivity index (χ0v) is 15.3. The van der Waals surface area contributed by atoms with Crippen molar-refractivity contribution in [3.05, 3.63) is 59.7 Å². The van der Waals surface area contributed by atoms with Gasteiger partial charge < -0.3 is 15.3 Å². The highest BCUT2D eigenvalue weighted by Gasteiger charge is 2.27. The molecule has 132 valence electrons. The third-order valence-corrected chi connectivity index (χ3v) is 5.53. The minimum atomic E-state index is 0.0903. The summed E-state index contributed by atoms with van der Waals surface area (Å²) < 4.78 is 0. The van der Waals surface area contributed by atoms with Crippen LogP contribution in [0.4, 0.5) is 0 Å². The largest absolute Gasteiger partial charge is 0.508 e. The lowest BCUT2D eigenvalue weighted by atomic mass is 10.0. The Morgan fingerprint density at radius 3 is 2.60 bits per heavy atom. The number of aryl methyl sites for hydroxylation is 1. The Labute approximate surface area is 153 Å². The topological polar surface area (TPSA) is 52.6 Å². The van der Waals surface area contributed by atoms with Gasteiger partial charge in [0, 0.05) is 24.5 Å². The molecule has 4 nitrogen and oxygen atoms in total. The number of rotatable bonds is 5. The van der Waals surface area contributed by atoms with E-state index < -0.39 is 0 Å². The summed E-state index contributed by atoms with van der Waals surface area (Å²) in [5.41, 5.74) is 2.50. The molecule has 0 bridgehead atoms. The Hall–Kier alpha value is -1.98. The molecule has 1 aliphatic heterocycles. The number of carbonyl (C=O) groups is 1. The highest BCUT2D eigenvalue weighted by atomic mass is 32.2. The lowest BCUT2D eigenvalue weighted by Gasteiger charge is -2.36. The van der Waals surface area contributed by atoms with Crippen molar-refractivity contribution in [2.75, 3.05) is 25.4 Å². The van der Waals surface area contributed by atoms with Crippen molar-refractivity contribution in [3.8, 4) is 5.75 Å². The standard InChI is InChI=1S/C20H24N2O2S/c1-2-15-3-5-16(6-4-15)19-13-21-11-12-22(19)20(24)14-25-18-9-7-17(23)8-10-18/h3-10,19,21,23H,2,11-14H2,1H3. The van der Waals surface area contributed by atoms with Gasteiger partial charge in [0.05, 0.1) is 11.8 Å². The van der Waals surface area contributed by atoms with Crippen LogP contribution < -0.4 is 5.32 Å². The number of phenolic OH excluding ortho intramolecular Hbond substituents is 1. The molecule has 1 fully saturated rings. The van der Waals surface area contributed by atoms with Crippen LogP contribution in [0.3, 0.4) is 0 Å². The zero-order valence-electron chi connectivity index (χ0n) is 14.4. The number of benzene rings is 2. The first-order chi connectivity index (χ1) is 12.2. The number of carbonyl (C=O) groups excluding carboxylic acids is 1. The number of thioether (sulfide) groups is 1. The summed E-state index contributed by atoms with van der Waals surface area (Å²) in [7, 11) is 0. The Kier molecular flexibility index (Phi) is 6.00. The van der Waals surface area contributed by atoms with Crippen LogP contribution in [0.1, 0.15) is 24.1 Å². The van der Waals surface area contributed by atoms with Gasteiger partial charge in [0.1, 0.15) is 5.75 Å². The number of amides is 1. The van der Waals surface area contributed by atoms with E-state index in [0.717, 1.165) is 31.0 Å². The lowest BCUT2D eigenvalue weighted by Crippen LogP contribution is -2.49. The molecule has 1 heterocycles. The Bertz CT molecular complexity index is 701. The van der Waals surface area contributed by atoms with Crippen LogP contribution in [0.15, 0.2) is 53.4 Å². The molecule has 25 heavy (non-hydrogen) atoms. The lowest BCUT2D eigenvalue weighted by molar-refractivity contribution is -0.131. The van der Waals surface area contributed by atoms with E-state index in [0.29, 0.717) is 5.75 Å². The van der Waals surface area contributed by atoms with E-state index in [2.05, 4.69) is 36.5 Å². The maximum Gasteiger partial charge on any atom is 0.233 e. The molecule has 0 aromatic heterocycles. The van der Waals surface area contributed by atoms with Gasteiger partial charge in [-0.1, -0.05) is 31.2 Å². The first kappa shape index (κ1) is 17.8. The van der Waals surface area contributed by atoms with Gasteiger partial charge >= 0.3 is 0 Å². The molecule has 1 unspecified atom stereocenters. The van der Waals surface area contributed by atoms with Gasteiger partial charge in [-0.05, 0) is 41.8 Å². The van der Waals surface area contributed by atoms with Crippen molar-refractivity contribution in [2.24, 2.45) is 0 Å². The molecule has 1 atom stereocenters. The number of hydrogen-bond donors (Lipinski definition) is 2. The number of aromatic hydroxyl groups is 1. The van der Waals surface area contributed by atoms with Crippen LogP contribution in [0.2, 0.25) is 0 Å². The molecule has 5 heteroatoms. The molecule has 2 aromatic carbocycles. The molecule has 0 saturated carbocycles. The highest BCUT2D eigenvalue weighted by Crippen LogP contribution is 2.26. The van der Waals surface area contributed by atoms with Gasteiger partial charge in [-0.2, -0.15) is 0 Å². The van der Waals surface area contributed by atoms with E-state index in [1.54, 1.807) is 12.1 Å². The number of phenols is 1. The molecule has 0 radical (unpaired) electrons. The molecule has 0 spiro atoms. The summed E-state index contributed by atoms with van der Waals surface area (Å²) in [6, 6.07) is 15.7. The average molecular weight is 356 g/mol. The molecule has 3 rings (SSSR count). The second-order valence-electron chi connectivity index (χ2n) is 6.18. The number of nitrogens with one attached hydrogen (secondary N) is 1. The molecule has 0 aliphatic carbocycles. The van der Waals surface area contributed by atoms with E-state index in [1.165, 1.54) is 22.9 Å². The molecule has 2 aromatic rings. The Morgan fingerprint density at radius 1 is 1.20 bits per heavy atom. The molecule has 2 N–H and O–H groups in total. The third-order valence-electron chi connectivity index (χ3n) is 4.54. The predicted octanol–water partition coefficient (Wildman–Crippen LogP) is 3.22. The van der Waals surface area contributed by atoms with E-state index >= 15 is 0 Å². The Morgan fingerprint density at radius 2 is 1.92 bits per heavy atom. The second-order valence-corrected chi connectivity index (χ2v) is 7.23. The summed E-state index contributed by atoms with van der Waals surface area (Å²) in [5, 5.41) is 12.7. The van der Waals surface area contributed by atoms with Crippen molar-refractivity contribution in [2.45, 2.75) is 24.3 Å². The molecular weight excluding hydrogens is 332 g/mol. The molecule has 1 aliphatic rings. The number of piperazine rings is 1. The molecule has 1 saturated heterocycles. The Balaban J connectivity index is 1.66.